The molecule has 4 fully saturated rings. The standard InChI is InChI=1S/C21H25FO5/c1-18-5-3-11(24)7-14(18)15(22)8-13-12-4-6-20(26,16(25)10-23)19(12,2)9-17-21(13,18)27-17/h3,5,7,12-13,15,17,23,26H,4,6,8-10H2,1-2H3/t12?,13?,15?,17?,18-,19-,20-,21+/m0/s1. The molecule has 27 heavy (non-hydrogen) atoms. The predicted octanol–water partition coefficient (Wildman–Crippen LogP) is 1.67. The van der Waals surface area contributed by atoms with Gasteiger partial charge in [0, 0.05) is 10.8 Å². The number of halogens is 1. The van der Waals surface area contributed by atoms with Crippen LogP contribution in [0.15, 0.2) is 23.8 Å². The molecule has 0 radical (unpaired) electrons. The number of rotatable bonds is 2. The van der Waals surface area contributed by atoms with Gasteiger partial charge in [-0.2, -0.15) is 0 Å². The van der Waals surface area contributed by atoms with E-state index in [9.17, 15) is 19.8 Å². The van der Waals surface area contributed by atoms with E-state index >= 15 is 4.39 Å². The molecule has 0 amide bonds. The van der Waals surface area contributed by atoms with Gasteiger partial charge in [0.1, 0.15) is 24.0 Å². The highest BCUT2D eigenvalue weighted by Crippen LogP contribution is 2.76. The average Bonchev–Trinajstić information content (AvgIpc) is 3.29. The van der Waals surface area contributed by atoms with Crippen LogP contribution in [0.1, 0.15) is 39.5 Å². The topological polar surface area (TPSA) is 87.1 Å². The third-order valence-corrected chi connectivity index (χ3v) is 8.68. The Morgan fingerprint density at radius 3 is 2.81 bits per heavy atom. The minimum Gasteiger partial charge on any atom is -0.388 e. The van der Waals surface area contributed by atoms with E-state index in [0.717, 1.165) is 0 Å². The smallest absolute Gasteiger partial charge is 0.190 e. The molecule has 146 valence electrons. The fraction of sp³-hybridized carbons (Fsp3) is 0.714. The van der Waals surface area contributed by atoms with Crippen LogP contribution in [-0.4, -0.2) is 51.9 Å². The molecule has 5 nitrogen and oxygen atoms in total. The summed E-state index contributed by atoms with van der Waals surface area (Å²) in [6.45, 7) is 3.15. The van der Waals surface area contributed by atoms with Crippen LogP contribution < -0.4 is 0 Å². The number of Topliss-reactive ketones (excluding diaryl/α,β-unsaturated/α-hetero) is 1. The highest BCUT2D eigenvalue weighted by Gasteiger charge is 2.82. The first-order valence-corrected chi connectivity index (χ1v) is 9.78. The largest absolute Gasteiger partial charge is 0.388 e. The van der Waals surface area contributed by atoms with Crippen LogP contribution in [0.25, 0.3) is 0 Å². The van der Waals surface area contributed by atoms with Crippen molar-refractivity contribution in [3.8, 4) is 0 Å². The second-order valence-electron chi connectivity index (χ2n) is 9.46. The Kier molecular flexibility index (Phi) is 3.26. The minimum atomic E-state index is -1.59. The summed E-state index contributed by atoms with van der Waals surface area (Å²) in [7, 11) is 0. The maximum atomic E-state index is 15.2. The van der Waals surface area contributed by atoms with E-state index in [0.29, 0.717) is 18.4 Å². The number of epoxide rings is 1. The summed E-state index contributed by atoms with van der Waals surface area (Å²) in [6.07, 6.45) is 4.91. The van der Waals surface area contributed by atoms with Crippen molar-refractivity contribution in [1.82, 2.24) is 0 Å². The number of allylic oxidation sites excluding steroid dienone is 2. The highest BCUT2D eigenvalue weighted by atomic mass is 19.1. The van der Waals surface area contributed by atoms with Crippen LogP contribution in [0.2, 0.25) is 0 Å². The maximum Gasteiger partial charge on any atom is 0.190 e. The highest BCUT2D eigenvalue weighted by molar-refractivity contribution is 6.01. The zero-order valence-corrected chi connectivity index (χ0v) is 15.6. The Balaban J connectivity index is 1.61. The van der Waals surface area contributed by atoms with Gasteiger partial charge in [-0.05, 0) is 62.2 Å². The molecule has 0 aromatic heterocycles. The maximum absolute atomic E-state index is 15.2. The van der Waals surface area contributed by atoms with Crippen molar-refractivity contribution < 1.29 is 28.9 Å². The van der Waals surface area contributed by atoms with Crippen LogP contribution in [-0.2, 0) is 14.3 Å². The van der Waals surface area contributed by atoms with E-state index in [1.54, 1.807) is 6.08 Å². The molecule has 3 saturated carbocycles. The summed E-state index contributed by atoms with van der Waals surface area (Å²) in [4.78, 5) is 24.2. The molecule has 0 aromatic carbocycles. The van der Waals surface area contributed by atoms with Crippen molar-refractivity contribution in [1.29, 1.82) is 0 Å². The van der Waals surface area contributed by atoms with E-state index < -0.39 is 40.6 Å². The molecule has 1 saturated heterocycles. The normalized spacial score (nSPS) is 55.1. The van der Waals surface area contributed by atoms with E-state index in [-0.39, 0.29) is 36.6 Å². The molecular weight excluding hydrogens is 351 g/mol. The van der Waals surface area contributed by atoms with E-state index in [1.165, 1.54) is 12.2 Å². The van der Waals surface area contributed by atoms with Gasteiger partial charge in [-0.3, -0.25) is 9.59 Å². The van der Waals surface area contributed by atoms with Crippen molar-refractivity contribution in [2.75, 3.05) is 6.61 Å². The van der Waals surface area contributed by atoms with Gasteiger partial charge in [-0.25, -0.2) is 4.39 Å². The first-order valence-electron chi connectivity index (χ1n) is 9.78. The molecule has 4 aliphatic carbocycles. The number of hydrogen-bond acceptors (Lipinski definition) is 5. The summed E-state index contributed by atoms with van der Waals surface area (Å²) < 4.78 is 21.5. The van der Waals surface area contributed by atoms with Crippen molar-refractivity contribution in [3.05, 3.63) is 23.8 Å². The number of ether oxygens (including phenoxy) is 1. The van der Waals surface area contributed by atoms with Crippen molar-refractivity contribution in [2.24, 2.45) is 22.7 Å². The van der Waals surface area contributed by atoms with Crippen LogP contribution in [0, 0.1) is 22.7 Å². The second kappa shape index (κ2) is 4.97. The summed E-state index contributed by atoms with van der Waals surface area (Å²) in [6, 6.07) is 0. The Labute approximate surface area is 157 Å². The van der Waals surface area contributed by atoms with Gasteiger partial charge in [0.05, 0.1) is 6.10 Å². The molecule has 1 heterocycles. The number of aliphatic hydroxyl groups excluding tert-OH is 1. The molecule has 5 rings (SSSR count). The SMILES string of the molecule is C[C@]12C=CC(=O)C=C1C(F)CC1C3CC[C@](O)(C(=O)CO)[C@@]3(C)CC3O[C@@]312. The number of carbonyl (C=O) groups excluding carboxylic acids is 2. The molecule has 1 spiro atoms. The van der Waals surface area contributed by atoms with E-state index in [4.69, 9.17) is 4.74 Å². The Hall–Kier alpha value is -1.37. The van der Waals surface area contributed by atoms with Gasteiger partial charge in [0.15, 0.2) is 11.6 Å². The van der Waals surface area contributed by atoms with Crippen molar-refractivity contribution in [3.63, 3.8) is 0 Å². The molecule has 0 bridgehead atoms. The first-order chi connectivity index (χ1) is 12.6. The number of carbonyl (C=O) groups is 2. The lowest BCUT2D eigenvalue weighted by Crippen LogP contribution is -2.62. The van der Waals surface area contributed by atoms with Gasteiger partial charge in [0.25, 0.3) is 0 Å². The molecule has 8 atom stereocenters. The van der Waals surface area contributed by atoms with E-state index in [1.807, 2.05) is 13.8 Å². The number of alkyl halides is 1. The number of fused-ring (bicyclic) bond motifs is 3. The average molecular weight is 376 g/mol. The summed E-state index contributed by atoms with van der Waals surface area (Å²) in [5, 5.41) is 20.6. The summed E-state index contributed by atoms with van der Waals surface area (Å²) in [5.41, 5.74) is -3.09. The van der Waals surface area contributed by atoms with Gasteiger partial charge < -0.3 is 14.9 Å². The number of hydrogen-bond donors (Lipinski definition) is 2. The Morgan fingerprint density at radius 2 is 2.11 bits per heavy atom. The van der Waals surface area contributed by atoms with Crippen LogP contribution >= 0.6 is 0 Å². The monoisotopic (exact) mass is 376 g/mol. The van der Waals surface area contributed by atoms with Gasteiger partial charge >= 0.3 is 0 Å². The fourth-order valence-corrected chi connectivity index (χ4v) is 7.23. The third-order valence-electron chi connectivity index (χ3n) is 8.68. The number of ketones is 2. The van der Waals surface area contributed by atoms with Gasteiger partial charge in [-0.15, -0.1) is 0 Å². The zero-order chi connectivity index (χ0) is 19.4. The van der Waals surface area contributed by atoms with Crippen LogP contribution in [0.3, 0.4) is 0 Å². The lowest BCUT2D eigenvalue weighted by molar-refractivity contribution is -0.160. The fourth-order valence-electron chi connectivity index (χ4n) is 7.23. The Bertz CT molecular complexity index is 819. The molecule has 1 aliphatic heterocycles. The molecule has 0 aromatic rings. The molecule has 2 N–H and O–H groups in total. The molecule has 6 heteroatoms. The van der Waals surface area contributed by atoms with Gasteiger partial charge in [0.2, 0.25) is 0 Å². The van der Waals surface area contributed by atoms with Crippen LogP contribution in [0.4, 0.5) is 4.39 Å². The minimum absolute atomic E-state index is 0.0700. The lowest BCUT2D eigenvalue weighted by Gasteiger charge is -2.56. The predicted molar refractivity (Wildman–Crippen MR) is 93.4 cm³/mol. The number of aliphatic hydroxyl groups is 2. The molecule has 4 unspecified atom stereocenters. The summed E-state index contributed by atoms with van der Waals surface area (Å²) in [5.74, 6) is -0.957. The van der Waals surface area contributed by atoms with Crippen LogP contribution in [0.5, 0.6) is 0 Å². The van der Waals surface area contributed by atoms with Crippen molar-refractivity contribution >= 4 is 11.6 Å². The van der Waals surface area contributed by atoms with E-state index in [2.05, 4.69) is 0 Å². The lowest BCUT2D eigenvalue weighted by atomic mass is 9.46. The Morgan fingerprint density at radius 1 is 1.37 bits per heavy atom. The first kappa shape index (κ1) is 17.7. The third kappa shape index (κ3) is 1.76. The van der Waals surface area contributed by atoms with Gasteiger partial charge in [-0.1, -0.05) is 13.0 Å². The van der Waals surface area contributed by atoms with Crippen molar-refractivity contribution in [2.45, 2.75) is 63.0 Å². The molecular formula is C21H25FO5. The zero-order valence-electron chi connectivity index (χ0n) is 15.6. The quantitative estimate of drug-likeness (QED) is 0.716. The second-order valence-corrected chi connectivity index (χ2v) is 9.46. The molecule has 5 aliphatic rings. The summed E-state index contributed by atoms with van der Waals surface area (Å²) >= 11 is 0.